The second kappa shape index (κ2) is 6.35. The van der Waals surface area contributed by atoms with Crippen LogP contribution in [-0.2, 0) is 0 Å². The van der Waals surface area contributed by atoms with Crippen LogP contribution in [0.4, 0.5) is 10.1 Å². The second-order valence-corrected chi connectivity index (χ2v) is 5.65. The monoisotopic (exact) mass is 265 g/mol. The van der Waals surface area contributed by atoms with Gasteiger partial charge < -0.3 is 4.90 Å². The van der Waals surface area contributed by atoms with Crippen molar-refractivity contribution in [1.82, 2.24) is 5.43 Å². The molecule has 1 saturated carbocycles. The van der Waals surface area contributed by atoms with Gasteiger partial charge in [-0.15, -0.1) is 0 Å². The van der Waals surface area contributed by atoms with E-state index in [9.17, 15) is 4.39 Å². The fourth-order valence-corrected chi connectivity index (χ4v) is 3.06. The summed E-state index contributed by atoms with van der Waals surface area (Å²) in [6, 6.07) is 8.22. The van der Waals surface area contributed by atoms with Gasteiger partial charge >= 0.3 is 0 Å². The van der Waals surface area contributed by atoms with Gasteiger partial charge in [0.15, 0.2) is 0 Å². The standard InChI is InChI=1S/C15H24FN3/c1-11(2)19(14-7-3-12(16)4-8-14)15-9-5-13(18-17)6-10-15/h3-4,7-8,11,13,15,18H,5-6,9-10,17H2,1-2H3/t13-,15-. The Balaban J connectivity index is 2.10. The van der Waals surface area contributed by atoms with E-state index in [0.29, 0.717) is 18.1 Å². The number of halogens is 1. The van der Waals surface area contributed by atoms with Crippen LogP contribution < -0.4 is 16.2 Å². The SMILES string of the molecule is CC(C)N(c1ccc(F)cc1)[C@H]1CC[C@H](NN)CC1. The van der Waals surface area contributed by atoms with Crippen molar-refractivity contribution in [3.8, 4) is 0 Å². The normalized spacial score (nSPS) is 23.6. The van der Waals surface area contributed by atoms with Crippen LogP contribution >= 0.6 is 0 Å². The number of hydrazine groups is 1. The lowest BCUT2D eigenvalue weighted by Crippen LogP contribution is -2.46. The average Bonchev–Trinajstić information content (AvgIpc) is 2.42. The summed E-state index contributed by atoms with van der Waals surface area (Å²) in [4.78, 5) is 2.41. The van der Waals surface area contributed by atoms with Gasteiger partial charge in [-0.1, -0.05) is 0 Å². The molecule has 0 spiro atoms. The average molecular weight is 265 g/mol. The molecule has 0 atom stereocenters. The van der Waals surface area contributed by atoms with E-state index in [4.69, 9.17) is 5.84 Å². The van der Waals surface area contributed by atoms with E-state index >= 15 is 0 Å². The van der Waals surface area contributed by atoms with Crippen molar-refractivity contribution in [3.63, 3.8) is 0 Å². The molecule has 0 unspecified atom stereocenters. The molecule has 0 bridgehead atoms. The highest BCUT2D eigenvalue weighted by molar-refractivity contribution is 5.48. The van der Waals surface area contributed by atoms with Gasteiger partial charge in [-0.05, 0) is 63.8 Å². The van der Waals surface area contributed by atoms with Gasteiger partial charge in [0.2, 0.25) is 0 Å². The highest BCUT2D eigenvalue weighted by Gasteiger charge is 2.27. The number of nitrogens with two attached hydrogens (primary N) is 1. The lowest BCUT2D eigenvalue weighted by Gasteiger charge is -2.41. The van der Waals surface area contributed by atoms with E-state index in [-0.39, 0.29) is 5.82 Å². The minimum atomic E-state index is -0.177. The van der Waals surface area contributed by atoms with E-state index in [2.05, 4.69) is 24.2 Å². The Labute approximate surface area is 114 Å². The summed E-state index contributed by atoms with van der Waals surface area (Å²) < 4.78 is 13.0. The zero-order valence-corrected chi connectivity index (χ0v) is 11.8. The quantitative estimate of drug-likeness (QED) is 0.650. The molecule has 3 N–H and O–H groups in total. The van der Waals surface area contributed by atoms with E-state index < -0.39 is 0 Å². The van der Waals surface area contributed by atoms with Crippen LogP contribution in [0.3, 0.4) is 0 Å². The molecule has 19 heavy (non-hydrogen) atoms. The van der Waals surface area contributed by atoms with Crippen LogP contribution in [0.2, 0.25) is 0 Å². The summed E-state index contributed by atoms with van der Waals surface area (Å²) in [6.45, 7) is 4.38. The van der Waals surface area contributed by atoms with Crippen LogP contribution in [0.15, 0.2) is 24.3 Å². The van der Waals surface area contributed by atoms with Crippen molar-refractivity contribution in [3.05, 3.63) is 30.1 Å². The van der Waals surface area contributed by atoms with E-state index in [1.54, 1.807) is 0 Å². The predicted octanol–water partition coefficient (Wildman–Crippen LogP) is 2.82. The van der Waals surface area contributed by atoms with Gasteiger partial charge in [0.1, 0.15) is 5.82 Å². The topological polar surface area (TPSA) is 41.3 Å². The Morgan fingerprint density at radius 1 is 1.16 bits per heavy atom. The maximum absolute atomic E-state index is 13.0. The van der Waals surface area contributed by atoms with Crippen LogP contribution in [0.5, 0.6) is 0 Å². The molecule has 1 fully saturated rings. The number of hydrogen-bond donors (Lipinski definition) is 2. The lowest BCUT2D eigenvalue weighted by molar-refractivity contribution is 0.326. The van der Waals surface area contributed by atoms with Crippen LogP contribution in [0.1, 0.15) is 39.5 Å². The Bertz CT molecular complexity index is 383. The number of hydrogen-bond acceptors (Lipinski definition) is 3. The van der Waals surface area contributed by atoms with Crippen LogP contribution in [0.25, 0.3) is 0 Å². The van der Waals surface area contributed by atoms with Crippen molar-refractivity contribution in [2.24, 2.45) is 5.84 Å². The number of nitrogens with one attached hydrogen (secondary N) is 1. The number of anilines is 1. The van der Waals surface area contributed by atoms with Crippen molar-refractivity contribution in [2.45, 2.75) is 57.7 Å². The van der Waals surface area contributed by atoms with Crippen molar-refractivity contribution in [1.29, 1.82) is 0 Å². The molecular weight excluding hydrogens is 241 g/mol. The van der Waals surface area contributed by atoms with E-state index in [0.717, 1.165) is 31.4 Å². The highest BCUT2D eigenvalue weighted by Crippen LogP contribution is 2.29. The fraction of sp³-hybridized carbons (Fsp3) is 0.600. The third-order valence-corrected chi connectivity index (χ3v) is 4.01. The molecule has 0 aromatic heterocycles. The minimum Gasteiger partial charge on any atom is -0.366 e. The molecule has 4 heteroatoms. The van der Waals surface area contributed by atoms with Crippen molar-refractivity contribution in [2.75, 3.05) is 4.90 Å². The van der Waals surface area contributed by atoms with Gasteiger partial charge in [0.05, 0.1) is 0 Å². The Morgan fingerprint density at radius 3 is 2.21 bits per heavy atom. The third-order valence-electron chi connectivity index (χ3n) is 4.01. The Morgan fingerprint density at radius 2 is 1.74 bits per heavy atom. The molecule has 0 aliphatic heterocycles. The fourth-order valence-electron chi connectivity index (χ4n) is 3.06. The summed E-state index contributed by atoms with van der Waals surface area (Å²) in [5.41, 5.74) is 3.98. The van der Waals surface area contributed by atoms with Gasteiger partial charge in [0, 0.05) is 23.8 Å². The summed E-state index contributed by atoms with van der Waals surface area (Å²) in [5, 5.41) is 0. The van der Waals surface area contributed by atoms with Crippen LogP contribution in [-0.4, -0.2) is 18.1 Å². The Kier molecular flexibility index (Phi) is 4.77. The first-order chi connectivity index (χ1) is 9.11. The summed E-state index contributed by atoms with van der Waals surface area (Å²) in [5.74, 6) is 5.33. The maximum atomic E-state index is 13.0. The molecule has 2 rings (SSSR count). The molecule has 0 radical (unpaired) electrons. The van der Waals surface area contributed by atoms with Crippen molar-refractivity contribution < 1.29 is 4.39 Å². The molecule has 106 valence electrons. The summed E-state index contributed by atoms with van der Waals surface area (Å²) in [6.07, 6.45) is 4.46. The minimum absolute atomic E-state index is 0.177. The van der Waals surface area contributed by atoms with E-state index in [1.165, 1.54) is 12.1 Å². The molecular formula is C15H24FN3. The molecule has 1 aromatic rings. The Hall–Kier alpha value is -1.13. The first-order valence-electron chi connectivity index (χ1n) is 7.12. The van der Waals surface area contributed by atoms with Gasteiger partial charge in [-0.2, -0.15) is 0 Å². The third kappa shape index (κ3) is 3.45. The molecule has 1 aliphatic carbocycles. The molecule has 3 nitrogen and oxygen atoms in total. The number of benzene rings is 1. The summed E-state index contributed by atoms with van der Waals surface area (Å²) in [7, 11) is 0. The lowest BCUT2D eigenvalue weighted by atomic mass is 9.89. The zero-order valence-electron chi connectivity index (χ0n) is 11.8. The van der Waals surface area contributed by atoms with Gasteiger partial charge in [-0.25, -0.2) is 4.39 Å². The number of rotatable bonds is 4. The predicted molar refractivity (Wildman–Crippen MR) is 77.4 cm³/mol. The first kappa shape index (κ1) is 14.3. The zero-order chi connectivity index (χ0) is 13.8. The second-order valence-electron chi connectivity index (χ2n) is 5.65. The van der Waals surface area contributed by atoms with Gasteiger partial charge in [0.25, 0.3) is 0 Å². The summed E-state index contributed by atoms with van der Waals surface area (Å²) >= 11 is 0. The molecule has 1 aromatic carbocycles. The molecule has 0 amide bonds. The smallest absolute Gasteiger partial charge is 0.123 e. The molecule has 0 heterocycles. The van der Waals surface area contributed by atoms with Crippen LogP contribution in [0, 0.1) is 5.82 Å². The molecule has 0 saturated heterocycles. The van der Waals surface area contributed by atoms with Gasteiger partial charge in [-0.3, -0.25) is 11.3 Å². The largest absolute Gasteiger partial charge is 0.366 e. The highest BCUT2D eigenvalue weighted by atomic mass is 19.1. The van der Waals surface area contributed by atoms with E-state index in [1.807, 2.05) is 12.1 Å². The molecule has 1 aliphatic rings. The van der Waals surface area contributed by atoms with Crippen molar-refractivity contribution >= 4 is 5.69 Å². The maximum Gasteiger partial charge on any atom is 0.123 e. The first-order valence-corrected chi connectivity index (χ1v) is 7.12. The number of nitrogens with zero attached hydrogens (tertiary/aromatic N) is 1.